The zero-order valence-corrected chi connectivity index (χ0v) is 13.2. The van der Waals surface area contributed by atoms with Crippen molar-refractivity contribution in [2.75, 3.05) is 6.61 Å². The second-order valence-electron chi connectivity index (χ2n) is 4.59. The third kappa shape index (κ3) is 4.06. The standard InChI is InChI=1S/C16H18N2O2S/c1-4-20-18-15(19)13-6-5-9-17-16(13)21-14-10-11(2)7-8-12(14)3/h5-10H,4H2,1-3H3,(H,18,19). The summed E-state index contributed by atoms with van der Waals surface area (Å²) < 4.78 is 0. The van der Waals surface area contributed by atoms with E-state index >= 15 is 0 Å². The summed E-state index contributed by atoms with van der Waals surface area (Å²) in [6.45, 7) is 6.33. The number of hydrogen-bond acceptors (Lipinski definition) is 4. The highest BCUT2D eigenvalue weighted by atomic mass is 32.2. The molecule has 110 valence electrons. The summed E-state index contributed by atoms with van der Waals surface area (Å²) in [6.07, 6.45) is 1.69. The van der Waals surface area contributed by atoms with Crippen molar-refractivity contribution >= 4 is 17.7 Å². The van der Waals surface area contributed by atoms with Gasteiger partial charge in [0.05, 0.1) is 12.2 Å². The van der Waals surface area contributed by atoms with Gasteiger partial charge in [-0.2, -0.15) is 0 Å². The lowest BCUT2D eigenvalue weighted by molar-refractivity contribution is 0.0361. The van der Waals surface area contributed by atoms with Crippen molar-refractivity contribution in [3.8, 4) is 0 Å². The van der Waals surface area contributed by atoms with Gasteiger partial charge in [-0.1, -0.05) is 23.9 Å². The number of benzene rings is 1. The first kappa shape index (κ1) is 15.5. The molecule has 2 aromatic rings. The zero-order valence-electron chi connectivity index (χ0n) is 12.3. The van der Waals surface area contributed by atoms with Gasteiger partial charge >= 0.3 is 0 Å². The van der Waals surface area contributed by atoms with Gasteiger partial charge in [0.15, 0.2) is 0 Å². The maximum atomic E-state index is 12.1. The van der Waals surface area contributed by atoms with E-state index in [9.17, 15) is 4.79 Å². The van der Waals surface area contributed by atoms with Crippen molar-refractivity contribution in [2.24, 2.45) is 0 Å². The number of nitrogens with one attached hydrogen (secondary N) is 1. The minimum Gasteiger partial charge on any atom is -0.274 e. The quantitative estimate of drug-likeness (QED) is 0.858. The van der Waals surface area contributed by atoms with Crippen LogP contribution in [0.3, 0.4) is 0 Å². The van der Waals surface area contributed by atoms with Crippen molar-refractivity contribution in [1.82, 2.24) is 10.5 Å². The Balaban J connectivity index is 2.28. The van der Waals surface area contributed by atoms with Crippen molar-refractivity contribution in [1.29, 1.82) is 0 Å². The van der Waals surface area contributed by atoms with Gasteiger partial charge in [-0.25, -0.2) is 10.5 Å². The van der Waals surface area contributed by atoms with Crippen LogP contribution in [0.25, 0.3) is 0 Å². The van der Waals surface area contributed by atoms with Crippen molar-refractivity contribution < 1.29 is 9.63 Å². The van der Waals surface area contributed by atoms with Crippen LogP contribution in [0, 0.1) is 13.8 Å². The molecule has 0 atom stereocenters. The lowest BCUT2D eigenvalue weighted by Gasteiger charge is -2.10. The van der Waals surface area contributed by atoms with Gasteiger partial charge in [-0.15, -0.1) is 0 Å². The Morgan fingerprint density at radius 2 is 2.14 bits per heavy atom. The molecular formula is C16H18N2O2S. The van der Waals surface area contributed by atoms with Crippen LogP contribution in [0.5, 0.6) is 0 Å². The molecule has 1 heterocycles. The van der Waals surface area contributed by atoms with Gasteiger partial charge in [0, 0.05) is 11.1 Å². The van der Waals surface area contributed by atoms with Crippen LogP contribution in [0.1, 0.15) is 28.4 Å². The van der Waals surface area contributed by atoms with Gasteiger partial charge in [0.1, 0.15) is 5.03 Å². The summed E-state index contributed by atoms with van der Waals surface area (Å²) in [4.78, 5) is 22.5. The molecule has 0 saturated carbocycles. The zero-order chi connectivity index (χ0) is 15.2. The van der Waals surface area contributed by atoms with Crippen LogP contribution in [0.2, 0.25) is 0 Å². The minimum absolute atomic E-state index is 0.280. The molecule has 1 amide bonds. The van der Waals surface area contributed by atoms with Gasteiger partial charge in [-0.3, -0.25) is 9.63 Å². The molecule has 0 aliphatic heterocycles. The SMILES string of the molecule is CCONC(=O)c1cccnc1Sc1cc(C)ccc1C. The minimum atomic E-state index is -0.280. The number of nitrogens with zero attached hydrogens (tertiary/aromatic N) is 1. The highest BCUT2D eigenvalue weighted by Gasteiger charge is 2.14. The fraction of sp³-hybridized carbons (Fsp3) is 0.250. The first-order chi connectivity index (χ1) is 10.1. The number of carbonyl (C=O) groups is 1. The molecule has 0 saturated heterocycles. The van der Waals surface area contributed by atoms with E-state index in [0.29, 0.717) is 17.2 Å². The molecule has 21 heavy (non-hydrogen) atoms. The van der Waals surface area contributed by atoms with Crippen molar-refractivity contribution in [3.63, 3.8) is 0 Å². The van der Waals surface area contributed by atoms with E-state index in [0.717, 1.165) is 10.5 Å². The van der Waals surface area contributed by atoms with Crippen molar-refractivity contribution in [3.05, 3.63) is 53.2 Å². The highest BCUT2D eigenvalue weighted by molar-refractivity contribution is 7.99. The number of amides is 1. The number of hydroxylamine groups is 1. The Bertz CT molecular complexity index is 644. The summed E-state index contributed by atoms with van der Waals surface area (Å²) >= 11 is 1.49. The van der Waals surface area contributed by atoms with E-state index in [1.807, 2.05) is 20.8 Å². The Kier molecular flexibility index (Phi) is 5.36. The molecule has 4 nitrogen and oxygen atoms in total. The van der Waals surface area contributed by atoms with Crippen LogP contribution in [-0.4, -0.2) is 17.5 Å². The number of pyridine rings is 1. The number of aryl methyl sites for hydroxylation is 2. The highest BCUT2D eigenvalue weighted by Crippen LogP contribution is 2.31. The topological polar surface area (TPSA) is 51.2 Å². The lowest BCUT2D eigenvalue weighted by Crippen LogP contribution is -2.24. The number of aromatic nitrogens is 1. The van der Waals surface area contributed by atoms with E-state index in [-0.39, 0.29) is 5.91 Å². The third-order valence-electron chi connectivity index (χ3n) is 2.88. The summed E-state index contributed by atoms with van der Waals surface area (Å²) in [5.41, 5.74) is 5.26. The van der Waals surface area contributed by atoms with E-state index in [1.54, 1.807) is 18.3 Å². The Morgan fingerprint density at radius 1 is 1.33 bits per heavy atom. The summed E-state index contributed by atoms with van der Waals surface area (Å²) in [5.74, 6) is -0.280. The molecule has 0 fully saturated rings. The summed E-state index contributed by atoms with van der Waals surface area (Å²) in [5, 5.41) is 0.670. The molecule has 0 radical (unpaired) electrons. The lowest BCUT2D eigenvalue weighted by atomic mass is 10.2. The summed E-state index contributed by atoms with van der Waals surface area (Å²) in [7, 11) is 0. The maximum absolute atomic E-state index is 12.1. The molecule has 0 spiro atoms. The van der Waals surface area contributed by atoms with Crippen LogP contribution < -0.4 is 5.48 Å². The fourth-order valence-corrected chi connectivity index (χ4v) is 2.83. The molecule has 5 heteroatoms. The van der Waals surface area contributed by atoms with Crippen molar-refractivity contribution in [2.45, 2.75) is 30.7 Å². The number of rotatable bonds is 5. The molecule has 1 aromatic heterocycles. The number of carbonyl (C=O) groups excluding carboxylic acids is 1. The van der Waals surface area contributed by atoms with Gasteiger partial charge < -0.3 is 0 Å². The first-order valence-corrected chi connectivity index (χ1v) is 7.55. The maximum Gasteiger partial charge on any atom is 0.277 e. The average Bonchev–Trinajstić information content (AvgIpc) is 2.49. The van der Waals surface area contributed by atoms with E-state index in [2.05, 4.69) is 28.7 Å². The predicted octanol–water partition coefficient (Wildman–Crippen LogP) is 3.53. The molecule has 1 aromatic carbocycles. The van der Waals surface area contributed by atoms with Crippen LogP contribution in [0.4, 0.5) is 0 Å². The Labute approximate surface area is 128 Å². The average molecular weight is 302 g/mol. The second-order valence-corrected chi connectivity index (χ2v) is 5.62. The Hall–Kier alpha value is -1.85. The molecule has 1 N–H and O–H groups in total. The van der Waals surface area contributed by atoms with Gasteiger partial charge in [0.25, 0.3) is 5.91 Å². The van der Waals surface area contributed by atoms with E-state index in [4.69, 9.17) is 4.84 Å². The molecule has 0 unspecified atom stereocenters. The third-order valence-corrected chi connectivity index (χ3v) is 4.05. The molecule has 0 bridgehead atoms. The predicted molar refractivity (Wildman–Crippen MR) is 83.4 cm³/mol. The fourth-order valence-electron chi connectivity index (χ4n) is 1.76. The van der Waals surface area contributed by atoms with Crippen LogP contribution in [0.15, 0.2) is 46.5 Å². The molecule has 0 aliphatic carbocycles. The molecular weight excluding hydrogens is 284 g/mol. The largest absolute Gasteiger partial charge is 0.277 e. The van der Waals surface area contributed by atoms with Gasteiger partial charge in [-0.05, 0) is 50.1 Å². The Morgan fingerprint density at radius 3 is 2.90 bits per heavy atom. The second kappa shape index (κ2) is 7.24. The molecule has 2 rings (SSSR count). The number of hydrogen-bond donors (Lipinski definition) is 1. The first-order valence-electron chi connectivity index (χ1n) is 6.74. The smallest absolute Gasteiger partial charge is 0.274 e. The van der Waals surface area contributed by atoms with Crippen LogP contribution in [-0.2, 0) is 4.84 Å². The van der Waals surface area contributed by atoms with E-state index in [1.165, 1.54) is 17.3 Å². The van der Waals surface area contributed by atoms with Gasteiger partial charge in [0.2, 0.25) is 0 Å². The van der Waals surface area contributed by atoms with Crippen LogP contribution >= 0.6 is 11.8 Å². The normalized spacial score (nSPS) is 10.4. The summed E-state index contributed by atoms with van der Waals surface area (Å²) in [6, 6.07) is 9.73. The van der Waals surface area contributed by atoms with E-state index < -0.39 is 0 Å². The monoisotopic (exact) mass is 302 g/mol. The molecule has 0 aliphatic rings.